The first-order valence-electron chi connectivity index (χ1n) is 6.45. The van der Waals surface area contributed by atoms with Crippen molar-refractivity contribution in [2.45, 2.75) is 19.0 Å². The molecule has 0 aromatic heterocycles. The van der Waals surface area contributed by atoms with Crippen LogP contribution >= 0.6 is 11.6 Å². The molecule has 0 spiro atoms. The van der Waals surface area contributed by atoms with E-state index in [0.717, 1.165) is 11.1 Å². The van der Waals surface area contributed by atoms with E-state index in [1.165, 1.54) is 0 Å². The van der Waals surface area contributed by atoms with E-state index >= 15 is 0 Å². The number of amides is 1. The molecular weight excluding hydrogens is 272 g/mol. The van der Waals surface area contributed by atoms with Crippen molar-refractivity contribution in [2.24, 2.45) is 5.73 Å². The number of carbonyl (C=O) groups is 1. The lowest BCUT2D eigenvalue weighted by atomic mass is 10.1. The molecule has 0 radical (unpaired) electrons. The fraction of sp³-hybridized carbons (Fsp3) is 0.188. The van der Waals surface area contributed by atoms with Gasteiger partial charge in [-0.3, -0.25) is 4.79 Å². The van der Waals surface area contributed by atoms with E-state index in [4.69, 9.17) is 17.3 Å². The van der Waals surface area contributed by atoms with Crippen molar-refractivity contribution in [3.8, 4) is 0 Å². The van der Waals surface area contributed by atoms with E-state index in [1.54, 1.807) is 6.07 Å². The lowest BCUT2D eigenvalue weighted by Gasteiger charge is -2.19. The van der Waals surface area contributed by atoms with Gasteiger partial charge in [-0.25, -0.2) is 0 Å². The van der Waals surface area contributed by atoms with Crippen LogP contribution in [0, 0.1) is 0 Å². The Morgan fingerprint density at radius 1 is 1.10 bits per heavy atom. The maximum atomic E-state index is 12.2. The van der Waals surface area contributed by atoms with Gasteiger partial charge in [0, 0.05) is 5.02 Å². The Morgan fingerprint density at radius 3 is 2.35 bits per heavy atom. The molecule has 3 N–H and O–H groups in total. The summed E-state index contributed by atoms with van der Waals surface area (Å²) in [5, 5.41) is 3.52. The van der Waals surface area contributed by atoms with E-state index in [9.17, 15) is 4.79 Å². The topological polar surface area (TPSA) is 55.1 Å². The molecule has 2 aromatic carbocycles. The molecule has 0 fully saturated rings. The smallest absolute Gasteiger partial charge is 0.241 e. The van der Waals surface area contributed by atoms with Crippen molar-refractivity contribution in [1.82, 2.24) is 5.32 Å². The molecule has 3 nitrogen and oxygen atoms in total. The summed E-state index contributed by atoms with van der Waals surface area (Å²) in [7, 11) is 0. The Kier molecular flexibility index (Phi) is 4.77. The Morgan fingerprint density at radius 2 is 1.70 bits per heavy atom. The molecule has 20 heavy (non-hydrogen) atoms. The van der Waals surface area contributed by atoms with Crippen LogP contribution in [0.2, 0.25) is 5.02 Å². The molecular formula is C16H17ClN2O. The molecule has 2 atom stereocenters. The van der Waals surface area contributed by atoms with Crippen molar-refractivity contribution in [1.29, 1.82) is 0 Å². The van der Waals surface area contributed by atoms with Crippen LogP contribution in [0.15, 0.2) is 54.6 Å². The summed E-state index contributed by atoms with van der Waals surface area (Å²) in [6.45, 7) is 1.89. The number of carbonyl (C=O) groups excluding carboxylic acids is 1. The molecule has 0 aliphatic carbocycles. The predicted octanol–water partition coefficient (Wildman–Crippen LogP) is 3.22. The van der Waals surface area contributed by atoms with Gasteiger partial charge >= 0.3 is 0 Å². The first kappa shape index (κ1) is 14.6. The first-order chi connectivity index (χ1) is 9.59. The molecule has 104 valence electrons. The van der Waals surface area contributed by atoms with Gasteiger partial charge in [0.15, 0.2) is 0 Å². The van der Waals surface area contributed by atoms with Crippen molar-refractivity contribution in [3.05, 3.63) is 70.7 Å². The molecule has 0 unspecified atom stereocenters. The molecule has 0 saturated heterocycles. The summed E-state index contributed by atoms with van der Waals surface area (Å²) in [5.41, 5.74) is 7.62. The Bertz CT molecular complexity index is 586. The van der Waals surface area contributed by atoms with Crippen molar-refractivity contribution in [2.75, 3.05) is 0 Å². The number of halogens is 1. The summed E-state index contributed by atoms with van der Waals surface area (Å²) >= 11 is 6.12. The maximum Gasteiger partial charge on any atom is 0.241 e. The standard InChI is InChI=1S/C16H17ClN2O/c1-11(13-9-5-6-10-14(13)17)19-16(20)15(18)12-7-3-2-4-8-12/h2-11,15H,18H2,1H3,(H,19,20)/t11-,15+/m0/s1. The summed E-state index contributed by atoms with van der Waals surface area (Å²) in [6.07, 6.45) is 0. The van der Waals surface area contributed by atoms with Crippen LogP contribution in [-0.4, -0.2) is 5.91 Å². The van der Waals surface area contributed by atoms with E-state index in [1.807, 2.05) is 55.5 Å². The molecule has 0 aliphatic heterocycles. The van der Waals surface area contributed by atoms with Gasteiger partial charge in [0.1, 0.15) is 6.04 Å². The minimum Gasteiger partial charge on any atom is -0.348 e. The van der Waals surface area contributed by atoms with Gasteiger partial charge in [-0.2, -0.15) is 0 Å². The Hall–Kier alpha value is -1.84. The average Bonchev–Trinajstić information content (AvgIpc) is 2.47. The van der Waals surface area contributed by atoms with E-state index in [0.29, 0.717) is 5.02 Å². The third-order valence-electron chi connectivity index (χ3n) is 3.17. The van der Waals surface area contributed by atoms with Crippen molar-refractivity contribution >= 4 is 17.5 Å². The third-order valence-corrected chi connectivity index (χ3v) is 3.52. The van der Waals surface area contributed by atoms with Crippen LogP contribution < -0.4 is 11.1 Å². The van der Waals surface area contributed by atoms with Crippen molar-refractivity contribution < 1.29 is 4.79 Å². The number of benzene rings is 2. The van der Waals surface area contributed by atoms with E-state index in [-0.39, 0.29) is 11.9 Å². The maximum absolute atomic E-state index is 12.2. The molecule has 0 heterocycles. The Labute approximate surface area is 123 Å². The van der Waals surface area contributed by atoms with E-state index in [2.05, 4.69) is 5.32 Å². The highest BCUT2D eigenvalue weighted by Gasteiger charge is 2.18. The quantitative estimate of drug-likeness (QED) is 0.907. The van der Waals surface area contributed by atoms with Crippen LogP contribution in [-0.2, 0) is 4.79 Å². The molecule has 1 amide bonds. The summed E-state index contributed by atoms with van der Waals surface area (Å²) in [5.74, 6) is -0.219. The molecule has 2 aromatic rings. The third kappa shape index (κ3) is 3.38. The molecule has 4 heteroatoms. The normalized spacial score (nSPS) is 13.6. The summed E-state index contributed by atoms with van der Waals surface area (Å²) in [6, 6.07) is 15.9. The van der Waals surface area contributed by atoms with Gasteiger partial charge in [0.25, 0.3) is 0 Å². The minimum absolute atomic E-state index is 0.189. The zero-order valence-electron chi connectivity index (χ0n) is 11.2. The molecule has 2 rings (SSSR count). The number of hydrogen-bond donors (Lipinski definition) is 2. The minimum atomic E-state index is -0.680. The van der Waals surface area contributed by atoms with E-state index < -0.39 is 6.04 Å². The average molecular weight is 289 g/mol. The number of hydrogen-bond acceptors (Lipinski definition) is 2. The largest absolute Gasteiger partial charge is 0.348 e. The summed E-state index contributed by atoms with van der Waals surface area (Å²) < 4.78 is 0. The van der Waals surface area contributed by atoms with Crippen molar-refractivity contribution in [3.63, 3.8) is 0 Å². The fourth-order valence-corrected chi connectivity index (χ4v) is 2.32. The molecule has 0 aliphatic rings. The second kappa shape index (κ2) is 6.55. The number of rotatable bonds is 4. The monoisotopic (exact) mass is 288 g/mol. The Balaban J connectivity index is 2.07. The molecule has 0 saturated carbocycles. The zero-order valence-corrected chi connectivity index (χ0v) is 12.0. The predicted molar refractivity (Wildman–Crippen MR) is 81.4 cm³/mol. The van der Waals surface area contributed by atoms with Crippen LogP contribution in [0.3, 0.4) is 0 Å². The summed E-state index contributed by atoms with van der Waals surface area (Å²) in [4.78, 5) is 12.2. The highest BCUT2D eigenvalue weighted by Crippen LogP contribution is 2.22. The van der Waals surface area contributed by atoms with Crippen LogP contribution in [0.1, 0.15) is 30.1 Å². The number of nitrogens with one attached hydrogen (secondary N) is 1. The van der Waals surface area contributed by atoms with Gasteiger partial charge in [-0.1, -0.05) is 60.1 Å². The van der Waals surface area contributed by atoms with Crippen LogP contribution in [0.5, 0.6) is 0 Å². The lowest BCUT2D eigenvalue weighted by molar-refractivity contribution is -0.123. The zero-order chi connectivity index (χ0) is 14.5. The highest BCUT2D eigenvalue weighted by molar-refractivity contribution is 6.31. The van der Waals surface area contributed by atoms with Gasteiger partial charge in [-0.05, 0) is 24.1 Å². The number of nitrogens with two attached hydrogens (primary N) is 1. The van der Waals surface area contributed by atoms with Gasteiger partial charge in [0.2, 0.25) is 5.91 Å². The lowest BCUT2D eigenvalue weighted by Crippen LogP contribution is -2.35. The second-order valence-electron chi connectivity index (χ2n) is 4.64. The second-order valence-corrected chi connectivity index (χ2v) is 5.05. The molecule has 0 bridgehead atoms. The van der Waals surface area contributed by atoms with Gasteiger partial charge in [-0.15, -0.1) is 0 Å². The first-order valence-corrected chi connectivity index (χ1v) is 6.82. The van der Waals surface area contributed by atoms with Crippen LogP contribution in [0.25, 0.3) is 0 Å². The SMILES string of the molecule is C[C@H](NC(=O)[C@H](N)c1ccccc1)c1ccccc1Cl. The fourth-order valence-electron chi connectivity index (χ4n) is 2.02. The van der Waals surface area contributed by atoms with Gasteiger partial charge < -0.3 is 11.1 Å². The van der Waals surface area contributed by atoms with Gasteiger partial charge in [0.05, 0.1) is 6.04 Å². The highest BCUT2D eigenvalue weighted by atomic mass is 35.5. The van der Waals surface area contributed by atoms with Crippen LogP contribution in [0.4, 0.5) is 0 Å².